The van der Waals surface area contributed by atoms with Gasteiger partial charge in [0.25, 0.3) is 0 Å². The number of rotatable bonds is 6. The number of halogens is 1. The highest BCUT2D eigenvalue weighted by atomic mass is 35.5. The Morgan fingerprint density at radius 2 is 2.12 bits per heavy atom. The Balaban J connectivity index is 2.88. The van der Waals surface area contributed by atoms with Crippen molar-refractivity contribution >= 4 is 17.5 Å². The molecule has 7 heteroatoms. The van der Waals surface area contributed by atoms with Crippen molar-refractivity contribution in [3.8, 4) is 6.01 Å². The first-order chi connectivity index (χ1) is 8.08. The smallest absolute Gasteiger partial charge is 0.322 e. The molecule has 1 N–H and O–H groups in total. The van der Waals surface area contributed by atoms with Gasteiger partial charge in [-0.15, -0.1) is 0 Å². The van der Waals surface area contributed by atoms with Gasteiger partial charge in [-0.25, -0.2) is 0 Å². The predicted molar refractivity (Wildman–Crippen MR) is 65.6 cm³/mol. The summed E-state index contributed by atoms with van der Waals surface area (Å²) in [5.41, 5.74) is 0. The van der Waals surface area contributed by atoms with E-state index in [1.807, 2.05) is 13.8 Å². The Hall–Kier alpha value is -1.14. The first kappa shape index (κ1) is 13.9. The van der Waals surface area contributed by atoms with Crippen LogP contribution in [-0.2, 0) is 0 Å². The van der Waals surface area contributed by atoms with Gasteiger partial charge in [0, 0.05) is 7.05 Å². The Labute approximate surface area is 106 Å². The lowest BCUT2D eigenvalue weighted by Gasteiger charge is -2.22. The van der Waals surface area contributed by atoms with Crippen LogP contribution in [0, 0.1) is 0 Å². The molecule has 6 nitrogen and oxygen atoms in total. The number of hydrogen-bond donors (Lipinski definition) is 1. The number of hydrogen-bond acceptors (Lipinski definition) is 6. The summed E-state index contributed by atoms with van der Waals surface area (Å²) in [5.74, 6) is 0.387. The van der Waals surface area contributed by atoms with E-state index < -0.39 is 0 Å². The lowest BCUT2D eigenvalue weighted by Crippen LogP contribution is -2.33. The molecule has 0 amide bonds. The summed E-state index contributed by atoms with van der Waals surface area (Å²) in [6.45, 7) is 4.37. The molecule has 0 aliphatic heterocycles. The van der Waals surface area contributed by atoms with E-state index in [1.54, 1.807) is 11.9 Å². The Morgan fingerprint density at radius 3 is 2.71 bits per heavy atom. The van der Waals surface area contributed by atoms with E-state index in [0.29, 0.717) is 12.6 Å². The molecule has 1 aromatic rings. The summed E-state index contributed by atoms with van der Waals surface area (Å²) >= 11 is 5.79. The van der Waals surface area contributed by atoms with Crippen molar-refractivity contribution < 1.29 is 9.84 Å². The van der Waals surface area contributed by atoms with Crippen molar-refractivity contribution in [1.29, 1.82) is 0 Å². The van der Waals surface area contributed by atoms with Gasteiger partial charge in [0.05, 0.1) is 19.3 Å². The van der Waals surface area contributed by atoms with Crippen LogP contribution < -0.4 is 9.64 Å². The summed E-state index contributed by atoms with van der Waals surface area (Å²) in [4.78, 5) is 13.7. The van der Waals surface area contributed by atoms with Crippen LogP contribution in [0.25, 0.3) is 0 Å². The Morgan fingerprint density at radius 1 is 1.41 bits per heavy atom. The van der Waals surface area contributed by atoms with E-state index in [-0.39, 0.29) is 23.9 Å². The van der Waals surface area contributed by atoms with Crippen LogP contribution in [0.5, 0.6) is 6.01 Å². The molecule has 0 bridgehead atoms. The molecule has 0 radical (unpaired) electrons. The van der Waals surface area contributed by atoms with Gasteiger partial charge in [-0.1, -0.05) is 6.92 Å². The van der Waals surface area contributed by atoms with Gasteiger partial charge >= 0.3 is 6.01 Å². The summed E-state index contributed by atoms with van der Waals surface area (Å²) in [5, 5.41) is 9.15. The highest BCUT2D eigenvalue weighted by Crippen LogP contribution is 2.15. The minimum atomic E-state index is -0.104. The summed E-state index contributed by atoms with van der Waals surface area (Å²) in [7, 11) is 1.77. The molecule has 1 unspecified atom stereocenters. The summed E-state index contributed by atoms with van der Waals surface area (Å²) in [6.07, 6.45) is 0.863. The maximum Gasteiger partial charge on any atom is 0.322 e. The topological polar surface area (TPSA) is 71.4 Å². The van der Waals surface area contributed by atoms with Crippen molar-refractivity contribution in [3.05, 3.63) is 5.28 Å². The number of anilines is 1. The zero-order valence-corrected chi connectivity index (χ0v) is 11.0. The lowest BCUT2D eigenvalue weighted by atomic mass is 10.3. The second-order valence-corrected chi connectivity index (χ2v) is 4.02. The maximum absolute atomic E-state index is 9.07. The number of ether oxygens (including phenoxy) is 1. The zero-order chi connectivity index (χ0) is 12.8. The molecular weight excluding hydrogens is 244 g/mol. The van der Waals surface area contributed by atoms with Crippen LogP contribution in [0.2, 0.25) is 5.28 Å². The fourth-order valence-electron chi connectivity index (χ4n) is 1.06. The molecular formula is C10H17ClN4O2. The third kappa shape index (κ3) is 3.98. The van der Waals surface area contributed by atoms with E-state index in [9.17, 15) is 0 Å². The van der Waals surface area contributed by atoms with Crippen LogP contribution >= 0.6 is 11.6 Å². The molecule has 96 valence electrons. The first-order valence-corrected chi connectivity index (χ1v) is 5.84. The van der Waals surface area contributed by atoms with Crippen molar-refractivity contribution in [2.45, 2.75) is 26.3 Å². The normalized spacial score (nSPS) is 12.3. The van der Waals surface area contributed by atoms with Crippen LogP contribution in [0.15, 0.2) is 0 Å². The van der Waals surface area contributed by atoms with Gasteiger partial charge in [0.2, 0.25) is 11.2 Å². The second kappa shape index (κ2) is 6.56. The second-order valence-electron chi connectivity index (χ2n) is 3.68. The molecule has 0 aliphatic rings. The third-order valence-corrected chi connectivity index (χ3v) is 2.42. The van der Waals surface area contributed by atoms with Gasteiger partial charge in [-0.3, -0.25) is 0 Å². The van der Waals surface area contributed by atoms with Gasteiger partial charge in [0.15, 0.2) is 0 Å². The van der Waals surface area contributed by atoms with Crippen LogP contribution in [0.3, 0.4) is 0 Å². The van der Waals surface area contributed by atoms with Crippen LogP contribution in [-0.4, -0.2) is 46.4 Å². The molecule has 0 saturated heterocycles. The van der Waals surface area contributed by atoms with E-state index in [0.717, 1.165) is 6.42 Å². The molecule has 1 atom stereocenters. The lowest BCUT2D eigenvalue weighted by molar-refractivity contribution is 0.267. The SMILES string of the molecule is CCCOc1nc(Cl)nc(N(C)C(C)CO)n1. The number of aliphatic hydroxyl groups excluding tert-OH is 1. The van der Waals surface area contributed by atoms with Gasteiger partial charge in [-0.2, -0.15) is 15.0 Å². The Bertz CT molecular complexity index is 364. The number of aromatic nitrogens is 3. The predicted octanol–water partition coefficient (Wildman–Crippen LogP) is 1.13. The largest absolute Gasteiger partial charge is 0.463 e. The Kier molecular flexibility index (Phi) is 5.37. The van der Waals surface area contributed by atoms with Crippen LogP contribution in [0.4, 0.5) is 5.95 Å². The molecule has 0 aliphatic carbocycles. The minimum Gasteiger partial charge on any atom is -0.463 e. The highest BCUT2D eigenvalue weighted by molar-refractivity contribution is 6.28. The van der Waals surface area contributed by atoms with Gasteiger partial charge in [0.1, 0.15) is 0 Å². The van der Waals surface area contributed by atoms with E-state index >= 15 is 0 Å². The van der Waals surface area contributed by atoms with Gasteiger partial charge < -0.3 is 14.7 Å². The van der Waals surface area contributed by atoms with E-state index in [1.165, 1.54) is 0 Å². The first-order valence-electron chi connectivity index (χ1n) is 5.46. The summed E-state index contributed by atoms with van der Waals surface area (Å²) < 4.78 is 5.30. The molecule has 17 heavy (non-hydrogen) atoms. The van der Waals surface area contributed by atoms with Crippen molar-refractivity contribution in [2.24, 2.45) is 0 Å². The quantitative estimate of drug-likeness (QED) is 0.827. The van der Waals surface area contributed by atoms with E-state index in [4.69, 9.17) is 21.4 Å². The van der Waals surface area contributed by atoms with Crippen LogP contribution in [0.1, 0.15) is 20.3 Å². The maximum atomic E-state index is 9.07. The molecule has 1 heterocycles. The summed E-state index contributed by atoms with van der Waals surface area (Å²) in [6, 6.07) is 0.103. The molecule has 1 rings (SSSR count). The highest BCUT2D eigenvalue weighted by Gasteiger charge is 2.14. The van der Waals surface area contributed by atoms with Crippen molar-refractivity contribution in [1.82, 2.24) is 15.0 Å². The standard InChI is InChI=1S/C10H17ClN4O2/c1-4-5-17-10-13-8(11)12-9(14-10)15(3)7(2)6-16/h7,16H,4-6H2,1-3H3. The number of nitrogens with zero attached hydrogens (tertiary/aromatic N) is 4. The number of likely N-dealkylation sites (N-methyl/N-ethyl adjacent to an activating group) is 1. The molecule has 1 aromatic heterocycles. The molecule has 0 fully saturated rings. The minimum absolute atomic E-state index is 0.00491. The fourth-order valence-corrected chi connectivity index (χ4v) is 1.21. The van der Waals surface area contributed by atoms with E-state index in [2.05, 4.69) is 15.0 Å². The van der Waals surface area contributed by atoms with Crippen molar-refractivity contribution in [2.75, 3.05) is 25.2 Å². The molecule has 0 saturated carbocycles. The van der Waals surface area contributed by atoms with Gasteiger partial charge in [-0.05, 0) is 24.9 Å². The number of aliphatic hydroxyl groups is 1. The molecule has 0 spiro atoms. The fraction of sp³-hybridized carbons (Fsp3) is 0.700. The average molecular weight is 261 g/mol. The van der Waals surface area contributed by atoms with Crippen molar-refractivity contribution in [3.63, 3.8) is 0 Å². The molecule has 0 aromatic carbocycles. The average Bonchev–Trinajstić information content (AvgIpc) is 2.33. The third-order valence-electron chi connectivity index (χ3n) is 2.25. The monoisotopic (exact) mass is 260 g/mol. The zero-order valence-electron chi connectivity index (χ0n) is 10.2.